The standard InChI is InChI=1S/C14H21N3O5/c1-8(9(2)18)15-13-11(16(19)20)6-10(14(3,4)5)7-12(13)17(21)22/h6-9,15,18H,1-5H3. The number of rotatable bonds is 5. The predicted octanol–water partition coefficient (Wildman–Crippen LogP) is 2.98. The summed E-state index contributed by atoms with van der Waals surface area (Å²) in [4.78, 5) is 21.3. The Morgan fingerprint density at radius 3 is 1.77 bits per heavy atom. The molecule has 1 aromatic carbocycles. The van der Waals surface area contributed by atoms with Gasteiger partial charge in [0.15, 0.2) is 5.69 Å². The van der Waals surface area contributed by atoms with Crippen molar-refractivity contribution in [1.82, 2.24) is 0 Å². The van der Waals surface area contributed by atoms with Gasteiger partial charge in [-0.15, -0.1) is 0 Å². The predicted molar refractivity (Wildman–Crippen MR) is 83.2 cm³/mol. The Morgan fingerprint density at radius 2 is 1.50 bits per heavy atom. The van der Waals surface area contributed by atoms with Crippen molar-refractivity contribution in [2.24, 2.45) is 0 Å². The van der Waals surface area contributed by atoms with Crippen LogP contribution in [0.3, 0.4) is 0 Å². The topological polar surface area (TPSA) is 119 Å². The fourth-order valence-corrected chi connectivity index (χ4v) is 1.83. The third kappa shape index (κ3) is 3.91. The Bertz CT molecular complexity index is 558. The minimum Gasteiger partial charge on any atom is -0.391 e. The van der Waals surface area contributed by atoms with Gasteiger partial charge < -0.3 is 10.4 Å². The second-order valence-electron chi connectivity index (χ2n) is 6.33. The molecule has 1 rings (SSSR count). The molecule has 8 heteroatoms. The number of aliphatic hydroxyl groups is 1. The molecule has 0 aliphatic heterocycles. The molecule has 0 amide bonds. The molecule has 2 atom stereocenters. The first-order chi connectivity index (χ1) is 9.95. The van der Waals surface area contributed by atoms with Crippen molar-refractivity contribution >= 4 is 17.1 Å². The Hall–Kier alpha value is -2.22. The third-order valence-electron chi connectivity index (χ3n) is 3.45. The summed E-state index contributed by atoms with van der Waals surface area (Å²) in [7, 11) is 0. The van der Waals surface area contributed by atoms with Crippen LogP contribution in [0.5, 0.6) is 0 Å². The summed E-state index contributed by atoms with van der Waals surface area (Å²) in [6, 6.07) is 2.10. The number of nitrogens with one attached hydrogen (secondary N) is 1. The molecule has 0 aromatic heterocycles. The van der Waals surface area contributed by atoms with E-state index in [-0.39, 0.29) is 17.1 Å². The van der Waals surface area contributed by atoms with E-state index >= 15 is 0 Å². The van der Waals surface area contributed by atoms with E-state index in [0.29, 0.717) is 5.56 Å². The van der Waals surface area contributed by atoms with Gasteiger partial charge in [-0.25, -0.2) is 0 Å². The molecule has 0 aliphatic rings. The van der Waals surface area contributed by atoms with Gasteiger partial charge in [0.2, 0.25) is 0 Å². The number of hydrogen-bond acceptors (Lipinski definition) is 6. The molecule has 0 saturated carbocycles. The van der Waals surface area contributed by atoms with Gasteiger partial charge in [0.25, 0.3) is 11.4 Å². The van der Waals surface area contributed by atoms with E-state index < -0.39 is 27.4 Å². The Kier molecular flexibility index (Phi) is 5.08. The Balaban J connectivity index is 3.58. The van der Waals surface area contributed by atoms with Crippen molar-refractivity contribution in [1.29, 1.82) is 0 Å². The maximum Gasteiger partial charge on any atom is 0.299 e. The third-order valence-corrected chi connectivity index (χ3v) is 3.45. The number of nitro benzene ring substituents is 2. The van der Waals surface area contributed by atoms with Crippen LogP contribution in [0.25, 0.3) is 0 Å². The molecule has 0 saturated heterocycles. The molecule has 0 fully saturated rings. The zero-order chi connectivity index (χ0) is 17.2. The van der Waals surface area contributed by atoms with Gasteiger partial charge >= 0.3 is 0 Å². The zero-order valence-corrected chi connectivity index (χ0v) is 13.3. The van der Waals surface area contributed by atoms with Crippen LogP contribution < -0.4 is 5.32 Å². The number of hydrogen-bond donors (Lipinski definition) is 2. The quantitative estimate of drug-likeness (QED) is 0.637. The molecule has 1 aromatic rings. The van der Waals surface area contributed by atoms with E-state index in [4.69, 9.17) is 0 Å². The maximum atomic E-state index is 11.3. The molecule has 0 heterocycles. The highest BCUT2D eigenvalue weighted by Gasteiger charge is 2.31. The molecule has 0 aliphatic carbocycles. The van der Waals surface area contributed by atoms with Gasteiger partial charge in [-0.1, -0.05) is 20.8 Å². The van der Waals surface area contributed by atoms with Crippen molar-refractivity contribution in [3.8, 4) is 0 Å². The Labute approximate surface area is 128 Å². The monoisotopic (exact) mass is 311 g/mol. The number of benzene rings is 1. The highest BCUT2D eigenvalue weighted by Crippen LogP contribution is 2.39. The summed E-state index contributed by atoms with van der Waals surface area (Å²) in [6.07, 6.45) is -0.818. The summed E-state index contributed by atoms with van der Waals surface area (Å²) in [5.41, 5.74) is -0.889. The van der Waals surface area contributed by atoms with Crippen molar-refractivity contribution in [3.05, 3.63) is 37.9 Å². The lowest BCUT2D eigenvalue weighted by atomic mass is 9.86. The summed E-state index contributed by atoms with van der Waals surface area (Å²) in [5.74, 6) is 0. The molecule has 2 N–H and O–H groups in total. The minimum absolute atomic E-state index is 0.184. The number of anilines is 1. The lowest BCUT2D eigenvalue weighted by Crippen LogP contribution is -2.28. The van der Waals surface area contributed by atoms with E-state index in [0.717, 1.165) is 0 Å². The molecule has 22 heavy (non-hydrogen) atoms. The molecule has 0 radical (unpaired) electrons. The van der Waals surface area contributed by atoms with Gasteiger partial charge in [-0.05, 0) is 24.8 Å². The molecule has 2 unspecified atom stereocenters. The lowest BCUT2D eigenvalue weighted by molar-refractivity contribution is -0.392. The first kappa shape index (κ1) is 17.8. The molecule has 8 nitrogen and oxygen atoms in total. The van der Waals surface area contributed by atoms with Crippen LogP contribution in [0.15, 0.2) is 12.1 Å². The van der Waals surface area contributed by atoms with E-state index in [1.54, 1.807) is 6.92 Å². The van der Waals surface area contributed by atoms with E-state index in [1.165, 1.54) is 19.1 Å². The molecule has 0 spiro atoms. The Morgan fingerprint density at radius 1 is 1.09 bits per heavy atom. The maximum absolute atomic E-state index is 11.3. The molecule has 122 valence electrons. The van der Waals surface area contributed by atoms with Crippen LogP contribution in [-0.2, 0) is 5.41 Å². The van der Waals surface area contributed by atoms with Gasteiger partial charge in [-0.3, -0.25) is 20.2 Å². The van der Waals surface area contributed by atoms with Crippen molar-refractivity contribution < 1.29 is 15.0 Å². The smallest absolute Gasteiger partial charge is 0.299 e. The largest absolute Gasteiger partial charge is 0.391 e. The number of aliphatic hydroxyl groups excluding tert-OH is 1. The highest BCUT2D eigenvalue weighted by molar-refractivity contribution is 5.75. The molecular formula is C14H21N3O5. The fourth-order valence-electron chi connectivity index (χ4n) is 1.83. The first-order valence-electron chi connectivity index (χ1n) is 6.87. The number of nitro groups is 2. The van der Waals surface area contributed by atoms with Crippen LogP contribution in [0.4, 0.5) is 17.1 Å². The number of nitrogens with zero attached hydrogens (tertiary/aromatic N) is 2. The second-order valence-corrected chi connectivity index (χ2v) is 6.33. The SMILES string of the molecule is CC(O)C(C)Nc1c([N+](=O)[O-])cc(C(C)(C)C)cc1[N+](=O)[O-]. The van der Waals surface area contributed by atoms with Crippen molar-refractivity contribution in [2.45, 2.75) is 52.2 Å². The van der Waals surface area contributed by atoms with Crippen LogP contribution in [0, 0.1) is 20.2 Å². The normalized spacial score (nSPS) is 14.3. The summed E-state index contributed by atoms with van der Waals surface area (Å²) < 4.78 is 0. The highest BCUT2D eigenvalue weighted by atomic mass is 16.6. The van der Waals surface area contributed by atoms with Crippen molar-refractivity contribution in [3.63, 3.8) is 0 Å². The van der Waals surface area contributed by atoms with Gasteiger partial charge in [0.05, 0.1) is 16.0 Å². The molecular weight excluding hydrogens is 290 g/mol. The lowest BCUT2D eigenvalue weighted by Gasteiger charge is -2.21. The van der Waals surface area contributed by atoms with Gasteiger partial charge in [-0.2, -0.15) is 0 Å². The minimum atomic E-state index is -0.818. The van der Waals surface area contributed by atoms with Gasteiger partial charge in [0, 0.05) is 18.2 Å². The summed E-state index contributed by atoms with van der Waals surface area (Å²) >= 11 is 0. The summed E-state index contributed by atoms with van der Waals surface area (Å²) in [5, 5.41) is 34.8. The van der Waals surface area contributed by atoms with Crippen LogP contribution in [0.2, 0.25) is 0 Å². The van der Waals surface area contributed by atoms with E-state index in [1.807, 2.05) is 20.8 Å². The average molecular weight is 311 g/mol. The van der Waals surface area contributed by atoms with E-state index in [2.05, 4.69) is 5.32 Å². The zero-order valence-electron chi connectivity index (χ0n) is 13.3. The van der Waals surface area contributed by atoms with Crippen LogP contribution in [-0.4, -0.2) is 27.1 Å². The summed E-state index contributed by atoms with van der Waals surface area (Å²) in [6.45, 7) is 8.55. The average Bonchev–Trinajstić information content (AvgIpc) is 2.36. The van der Waals surface area contributed by atoms with Gasteiger partial charge in [0.1, 0.15) is 0 Å². The fraction of sp³-hybridized carbons (Fsp3) is 0.571. The van der Waals surface area contributed by atoms with E-state index in [9.17, 15) is 25.3 Å². The van der Waals surface area contributed by atoms with Crippen LogP contribution >= 0.6 is 0 Å². The van der Waals surface area contributed by atoms with Crippen LogP contribution in [0.1, 0.15) is 40.2 Å². The van der Waals surface area contributed by atoms with Crippen molar-refractivity contribution in [2.75, 3.05) is 5.32 Å². The second kappa shape index (κ2) is 6.27. The molecule has 0 bridgehead atoms. The first-order valence-corrected chi connectivity index (χ1v) is 6.87.